The van der Waals surface area contributed by atoms with Crippen LogP contribution in [0.4, 0.5) is 17.6 Å². The number of Topliss-reactive ketones (excluding diaryl/α,β-unsaturated/α-hetero) is 2. The van der Waals surface area contributed by atoms with E-state index in [1.807, 2.05) is 81.1 Å². The van der Waals surface area contributed by atoms with Crippen LogP contribution in [0.15, 0.2) is 103 Å². The third kappa shape index (κ3) is 4.63. The van der Waals surface area contributed by atoms with Crippen molar-refractivity contribution in [2.75, 3.05) is 4.90 Å². The fraction of sp³-hybridized carbons (Fsp3) is 0.0909. The van der Waals surface area contributed by atoms with E-state index in [2.05, 4.69) is 58.5 Å². The SMILES string of the molecule is Cc1nc(C)nc(N(c2nc(C)nc(C)n2)c2ccc3c4ccc(C=C5C(=O)c6cc7ccccc7cc6C5=O)c5cccc(c6cccc2c63)c54)n1. The average Bonchev–Trinajstić information content (AvgIpc) is 3.36. The molecule has 1 aliphatic rings. The lowest BCUT2D eigenvalue weighted by atomic mass is 9.87. The molecule has 1 aliphatic carbocycles. The molecule has 0 amide bonds. The van der Waals surface area contributed by atoms with E-state index < -0.39 is 0 Å². The second kappa shape index (κ2) is 11.2. The highest BCUT2D eigenvalue weighted by Crippen LogP contribution is 2.46. The molecule has 9 nitrogen and oxygen atoms in total. The van der Waals surface area contributed by atoms with Crippen LogP contribution in [-0.2, 0) is 0 Å². The number of ketones is 2. The zero-order valence-corrected chi connectivity index (χ0v) is 29.3. The zero-order valence-electron chi connectivity index (χ0n) is 29.3. The lowest BCUT2D eigenvalue weighted by Crippen LogP contribution is -2.19. The highest BCUT2D eigenvalue weighted by atomic mass is 16.2. The largest absolute Gasteiger partial charge is 0.288 e. The summed E-state index contributed by atoms with van der Waals surface area (Å²) < 4.78 is 0. The van der Waals surface area contributed by atoms with Crippen LogP contribution in [0.3, 0.4) is 0 Å². The predicted octanol–water partition coefficient (Wildman–Crippen LogP) is 9.43. The molecule has 0 saturated heterocycles. The first-order chi connectivity index (χ1) is 25.7. The Bertz CT molecular complexity index is 2950. The van der Waals surface area contributed by atoms with E-state index in [1.165, 1.54) is 0 Å². The molecule has 0 aliphatic heterocycles. The first kappa shape index (κ1) is 30.8. The van der Waals surface area contributed by atoms with Gasteiger partial charge in [0.15, 0.2) is 11.6 Å². The van der Waals surface area contributed by atoms with Crippen LogP contribution in [0, 0.1) is 27.7 Å². The molecule has 0 unspecified atom stereocenters. The number of aromatic nitrogens is 6. The Hall–Kier alpha value is -7.00. The van der Waals surface area contributed by atoms with E-state index in [1.54, 1.807) is 6.08 Å². The quantitative estimate of drug-likeness (QED) is 0.0772. The second-order valence-corrected chi connectivity index (χ2v) is 13.5. The molecule has 0 bridgehead atoms. The number of allylic oxidation sites excluding steroid dienone is 1. The molecule has 9 heteroatoms. The van der Waals surface area contributed by atoms with Gasteiger partial charge in [0.1, 0.15) is 23.3 Å². The Kier molecular flexibility index (Phi) is 6.54. The Labute approximate surface area is 303 Å². The van der Waals surface area contributed by atoms with Gasteiger partial charge in [-0.15, -0.1) is 0 Å². The van der Waals surface area contributed by atoms with Gasteiger partial charge in [0.25, 0.3) is 0 Å². The Balaban J connectivity index is 1.19. The van der Waals surface area contributed by atoms with Crippen molar-refractivity contribution in [3.8, 4) is 0 Å². The van der Waals surface area contributed by atoms with E-state index in [4.69, 9.17) is 19.9 Å². The standard InChI is InChI=1S/C44H29N7O2/c1-22-45-23(2)48-43(47-22)51(44-49-24(3)46-25(4)50-44)38-18-17-33-32-16-15-28(29-11-7-12-30(39(29)32)31-13-8-14-34(38)40(31)33)21-37-41(52)35-19-26-9-5-6-10-27(26)20-36(35)42(37)53/h5-21H,1-4H3. The number of aryl methyl sites for hydroxylation is 4. The minimum atomic E-state index is -0.240. The van der Waals surface area contributed by atoms with Crippen LogP contribution in [0.1, 0.15) is 49.6 Å². The summed E-state index contributed by atoms with van der Waals surface area (Å²) in [6.07, 6.45) is 1.77. The van der Waals surface area contributed by atoms with Crippen molar-refractivity contribution >= 4 is 89.1 Å². The van der Waals surface area contributed by atoms with Crippen molar-refractivity contribution in [1.29, 1.82) is 0 Å². The molecule has 53 heavy (non-hydrogen) atoms. The number of carbonyl (C=O) groups is 2. The van der Waals surface area contributed by atoms with E-state index in [0.717, 1.165) is 65.1 Å². The molecular weight excluding hydrogens is 659 g/mol. The number of nitrogens with zero attached hydrogens (tertiary/aromatic N) is 7. The van der Waals surface area contributed by atoms with Gasteiger partial charge in [-0.2, -0.15) is 19.9 Å². The van der Waals surface area contributed by atoms with E-state index in [0.29, 0.717) is 46.3 Å². The number of carbonyl (C=O) groups excluding carboxylic acids is 2. The van der Waals surface area contributed by atoms with Gasteiger partial charge in [0.05, 0.1) is 11.3 Å². The summed E-state index contributed by atoms with van der Waals surface area (Å²) in [5.41, 5.74) is 2.74. The van der Waals surface area contributed by atoms with E-state index >= 15 is 0 Å². The number of hydrogen-bond acceptors (Lipinski definition) is 9. The summed E-state index contributed by atoms with van der Waals surface area (Å²) in [6.45, 7) is 7.38. The number of hydrogen-bond donors (Lipinski definition) is 0. The Morgan fingerprint density at radius 2 is 0.925 bits per heavy atom. The fourth-order valence-electron chi connectivity index (χ4n) is 8.04. The smallest absolute Gasteiger partial charge is 0.240 e. The lowest BCUT2D eigenvalue weighted by molar-refractivity contribution is 0.0990. The van der Waals surface area contributed by atoms with Crippen LogP contribution in [-0.4, -0.2) is 41.5 Å². The molecule has 10 rings (SSSR count). The van der Waals surface area contributed by atoms with Gasteiger partial charge < -0.3 is 0 Å². The highest BCUT2D eigenvalue weighted by Gasteiger charge is 2.34. The molecular formula is C44H29N7O2. The van der Waals surface area contributed by atoms with E-state index in [9.17, 15) is 9.59 Å². The monoisotopic (exact) mass is 687 g/mol. The minimum absolute atomic E-state index is 0.187. The molecule has 2 heterocycles. The molecule has 2 aromatic heterocycles. The van der Waals surface area contributed by atoms with Gasteiger partial charge in [0.2, 0.25) is 11.9 Å². The minimum Gasteiger partial charge on any atom is -0.288 e. The summed E-state index contributed by atoms with van der Waals surface area (Å²) >= 11 is 0. The molecule has 0 atom stereocenters. The number of fused-ring (bicyclic) bond motifs is 4. The van der Waals surface area contributed by atoms with Gasteiger partial charge >= 0.3 is 0 Å². The molecule has 9 aromatic rings. The maximum Gasteiger partial charge on any atom is 0.240 e. The molecule has 0 N–H and O–H groups in total. The summed E-state index contributed by atoms with van der Waals surface area (Å²) in [6, 6.07) is 32.3. The molecule has 0 spiro atoms. The molecule has 252 valence electrons. The van der Waals surface area contributed by atoms with Gasteiger partial charge in [-0.3, -0.25) is 9.59 Å². The lowest BCUT2D eigenvalue weighted by Gasteiger charge is -2.24. The molecule has 7 aromatic carbocycles. The molecule has 0 saturated carbocycles. The summed E-state index contributed by atoms with van der Waals surface area (Å²) in [4.78, 5) is 57.2. The summed E-state index contributed by atoms with van der Waals surface area (Å²) in [5.74, 6) is 2.72. The number of anilines is 3. The van der Waals surface area contributed by atoms with Gasteiger partial charge in [-0.05, 0) is 106 Å². The third-order valence-electron chi connectivity index (χ3n) is 10.2. The Morgan fingerprint density at radius 3 is 1.47 bits per heavy atom. The average molecular weight is 688 g/mol. The maximum absolute atomic E-state index is 13.7. The van der Waals surface area contributed by atoms with Gasteiger partial charge in [-0.25, -0.2) is 14.9 Å². The normalized spacial score (nSPS) is 12.9. The third-order valence-corrected chi connectivity index (χ3v) is 10.2. The number of rotatable bonds is 4. The predicted molar refractivity (Wildman–Crippen MR) is 209 cm³/mol. The molecule has 0 fully saturated rings. The van der Waals surface area contributed by atoms with Crippen LogP contribution in [0.2, 0.25) is 0 Å². The van der Waals surface area contributed by atoms with Crippen LogP contribution < -0.4 is 4.90 Å². The van der Waals surface area contributed by atoms with Crippen molar-refractivity contribution in [2.24, 2.45) is 0 Å². The van der Waals surface area contributed by atoms with Gasteiger partial charge in [0, 0.05) is 16.5 Å². The van der Waals surface area contributed by atoms with Gasteiger partial charge in [-0.1, -0.05) is 78.9 Å². The first-order valence-electron chi connectivity index (χ1n) is 17.4. The summed E-state index contributed by atoms with van der Waals surface area (Å²) in [5, 5.41) is 10.2. The molecule has 0 radical (unpaired) electrons. The Morgan fingerprint density at radius 1 is 0.472 bits per heavy atom. The maximum atomic E-state index is 13.7. The zero-order chi connectivity index (χ0) is 36.1. The van der Waals surface area contributed by atoms with Crippen LogP contribution in [0.5, 0.6) is 0 Å². The first-order valence-corrected chi connectivity index (χ1v) is 17.4. The topological polar surface area (TPSA) is 115 Å². The second-order valence-electron chi connectivity index (χ2n) is 13.5. The van der Waals surface area contributed by atoms with Crippen molar-refractivity contribution in [3.63, 3.8) is 0 Å². The van der Waals surface area contributed by atoms with Crippen molar-refractivity contribution < 1.29 is 9.59 Å². The number of benzene rings is 7. The van der Waals surface area contributed by atoms with E-state index in [-0.39, 0.29) is 17.1 Å². The highest BCUT2D eigenvalue weighted by molar-refractivity contribution is 6.42. The van der Waals surface area contributed by atoms with Crippen molar-refractivity contribution in [2.45, 2.75) is 27.7 Å². The summed E-state index contributed by atoms with van der Waals surface area (Å²) in [7, 11) is 0. The van der Waals surface area contributed by atoms with Crippen LogP contribution >= 0.6 is 0 Å². The van der Waals surface area contributed by atoms with Crippen LogP contribution in [0.25, 0.3) is 59.9 Å². The van der Waals surface area contributed by atoms with Crippen molar-refractivity contribution in [1.82, 2.24) is 29.9 Å². The van der Waals surface area contributed by atoms with Crippen molar-refractivity contribution in [3.05, 3.63) is 143 Å². The fourth-order valence-corrected chi connectivity index (χ4v) is 8.04.